The molecule has 150 heavy (non-hydrogen) atoms. The van der Waals surface area contributed by atoms with Crippen molar-refractivity contribution in [2.24, 2.45) is 23.7 Å². The first-order valence-corrected chi connectivity index (χ1v) is 54.1. The zero-order chi connectivity index (χ0) is 107. The molecule has 8 aromatic carbocycles. The number of aliphatic hydroxyl groups excluding tert-OH is 1. The van der Waals surface area contributed by atoms with Crippen molar-refractivity contribution < 1.29 is 144 Å². The minimum Gasteiger partial charge on any atom is -0.619 e. The summed E-state index contributed by atoms with van der Waals surface area (Å²) in [5.41, 5.74) is 3.18. The van der Waals surface area contributed by atoms with Crippen LogP contribution in [0.15, 0.2) is 217 Å². The number of carbonyl (C=O) groups excluding carboxylic acids is 5. The molecule has 2 amide bonds. The average Bonchev–Trinajstić information content (AvgIpc) is 1.59. The number of esters is 3. The molecule has 33 nitrogen and oxygen atoms in total. The highest BCUT2D eigenvalue weighted by molar-refractivity contribution is 8.02. The van der Waals surface area contributed by atoms with Gasteiger partial charge in [-0.3, -0.25) is 24.4 Å². The second-order valence-corrected chi connectivity index (χ2v) is 44.0. The monoisotopic (exact) mass is 2230 g/mol. The molecule has 3 N–H and O–H groups in total. The van der Waals surface area contributed by atoms with Gasteiger partial charge in [0.2, 0.25) is 20.0 Å². The number of alkyl halides is 4. The molecule has 798 valence electrons. The van der Waals surface area contributed by atoms with Gasteiger partial charge in [0.15, 0.2) is 58.5 Å². The molecular weight excluding hydrogens is 2130 g/mol. The van der Waals surface area contributed by atoms with E-state index in [0.717, 1.165) is 134 Å². The number of benzene rings is 8. The van der Waals surface area contributed by atoms with Crippen LogP contribution in [0, 0.1) is 45.7 Å². The van der Waals surface area contributed by atoms with Crippen LogP contribution in [0.25, 0.3) is 0 Å². The second-order valence-electron chi connectivity index (χ2n) is 36.2. The molecule has 6 atom stereocenters. The Balaban J connectivity index is 0.000000184. The number of aromatic nitrogens is 2. The van der Waals surface area contributed by atoms with E-state index in [4.69, 9.17) is 94.2 Å². The Kier molecular flexibility index (Phi) is 38.3. The summed E-state index contributed by atoms with van der Waals surface area (Å²) >= 11 is 27.6. The fourth-order valence-corrected chi connectivity index (χ4v) is 25.3. The third kappa shape index (κ3) is 29.2. The maximum atomic E-state index is 15.2. The predicted octanol–water partition coefficient (Wildman–Crippen LogP) is 17.9. The number of para-hydroxylation sites is 2. The van der Waals surface area contributed by atoms with Crippen LogP contribution < -0.4 is 38.2 Å². The first-order chi connectivity index (χ1) is 72.0. The van der Waals surface area contributed by atoms with E-state index in [9.17, 15) is 88.2 Å². The van der Waals surface area contributed by atoms with Gasteiger partial charge in [0.25, 0.3) is 6.47 Å². The Labute approximate surface area is 887 Å². The van der Waals surface area contributed by atoms with Crippen LogP contribution in [0.4, 0.5) is 47.3 Å². The van der Waals surface area contributed by atoms with Gasteiger partial charge < -0.3 is 68.4 Å². The van der Waals surface area contributed by atoms with Crippen LogP contribution >= 0.6 is 69.9 Å². The molecule has 10 aliphatic rings. The van der Waals surface area contributed by atoms with E-state index in [-0.39, 0.29) is 200 Å². The van der Waals surface area contributed by atoms with Gasteiger partial charge >= 0.3 is 49.3 Å². The van der Waals surface area contributed by atoms with E-state index < -0.39 is 104 Å². The number of halogens is 10. The van der Waals surface area contributed by atoms with Gasteiger partial charge in [0.1, 0.15) is 62.7 Å². The van der Waals surface area contributed by atoms with Crippen LogP contribution in [0.5, 0.6) is 23.0 Å². The number of carboxylic acid groups (broad SMARTS) is 2. The largest absolute Gasteiger partial charge is 0.619 e. The Hall–Kier alpha value is -12.1. The molecular formula is C103H102Cl4F6N8O25S4. The molecule has 0 unspecified atom stereocenters. The van der Waals surface area contributed by atoms with Crippen LogP contribution in [0.3, 0.4) is 0 Å². The van der Waals surface area contributed by atoms with E-state index in [1.54, 1.807) is 54.6 Å². The van der Waals surface area contributed by atoms with E-state index in [2.05, 4.69) is 14.5 Å². The van der Waals surface area contributed by atoms with Crippen LogP contribution in [0.1, 0.15) is 129 Å². The summed E-state index contributed by atoms with van der Waals surface area (Å²) in [4.78, 5) is 94.6. The SMILES string of the molecule is O=C(O)c1cccc(CN(C(=O)O[C@H]2CN3CCC2CC3)c2ccccc2F)c1.O=C(OCc1cccc(S(=O)(=O)N2CCS[C@H]2C(=O)O[C@@H](Cc2c(Cl)c[n+]([O-])cc2Cl)c2ccc(OC(F)F)c(OCC3CC3)c2)c1)c1cccc(CN(C(=O)O[C@H]2CN3CCC2CC3)c2ccccc2F)c1.O=C(O[C@@H](Cc1c(Cl)c[n+]([O-])cc1Cl)c1ccc(OC(F)F)c(OCC2CC2)c1)[C@@H]1SCCN1S(=O)(=O)c1cccc(CO)c1.O=CO. The number of fused-ring (bicyclic) bond motifs is 6. The van der Waals surface area contributed by atoms with Crippen molar-refractivity contribution in [3.63, 3.8) is 0 Å². The number of amides is 2. The zero-order valence-corrected chi connectivity index (χ0v) is 86.1. The summed E-state index contributed by atoms with van der Waals surface area (Å²) in [6, 6.07) is 44.1. The fraction of sp³-hybridized carbons (Fsp3) is 0.369. The summed E-state index contributed by atoms with van der Waals surface area (Å²) < 4.78 is 192. The highest BCUT2D eigenvalue weighted by Crippen LogP contribution is 2.45. The van der Waals surface area contributed by atoms with Crippen LogP contribution in [-0.4, -0.2) is 206 Å². The van der Waals surface area contributed by atoms with Crippen LogP contribution in [0.2, 0.25) is 20.1 Å². The topological polar surface area (TPSA) is 405 Å². The Morgan fingerprint density at radius 2 is 0.873 bits per heavy atom. The van der Waals surface area contributed by atoms with Crippen LogP contribution in [-0.2, 0) is 97.3 Å². The number of nitrogens with zero attached hydrogens (tertiary/aromatic N) is 8. The number of sulfonamides is 2. The average molecular weight is 2240 g/mol. The fourth-order valence-electron chi connectivity index (χ4n) is 17.9. The quantitative estimate of drug-likeness (QED) is 0.00813. The number of ether oxygens (including phenoxy) is 9. The van der Waals surface area contributed by atoms with Crippen molar-refractivity contribution in [3.05, 3.63) is 305 Å². The number of hydrogen-bond acceptors (Lipinski definition) is 27. The smallest absolute Gasteiger partial charge is 0.415 e. The number of aromatic carboxylic acids is 1. The van der Waals surface area contributed by atoms with Crippen molar-refractivity contribution in [1.82, 2.24) is 18.4 Å². The number of hydrogen-bond donors (Lipinski definition) is 3. The maximum absolute atomic E-state index is 15.2. The molecule has 0 spiro atoms. The molecule has 0 radical (unpaired) electrons. The molecule has 10 heterocycles. The van der Waals surface area contributed by atoms with Gasteiger partial charge in [-0.1, -0.05) is 131 Å². The van der Waals surface area contributed by atoms with Gasteiger partial charge in [-0.25, -0.2) is 54.4 Å². The molecule has 4 bridgehead atoms. The number of pyridine rings is 2. The zero-order valence-electron chi connectivity index (χ0n) is 79.8. The molecule has 8 saturated heterocycles. The molecule has 10 aromatic rings. The Bertz CT molecular complexity index is 6720. The van der Waals surface area contributed by atoms with E-state index >= 15 is 4.39 Å². The van der Waals surface area contributed by atoms with Crippen molar-refractivity contribution in [3.8, 4) is 23.0 Å². The Morgan fingerprint density at radius 1 is 0.487 bits per heavy atom. The van der Waals surface area contributed by atoms with Gasteiger partial charge in [-0.2, -0.15) is 35.6 Å². The number of aliphatic hydroxyl groups is 1. The van der Waals surface area contributed by atoms with Crippen molar-refractivity contribution in [1.29, 1.82) is 0 Å². The number of rotatable bonds is 37. The molecule has 2 aliphatic carbocycles. The lowest BCUT2D eigenvalue weighted by atomic mass is 9.86. The highest BCUT2D eigenvalue weighted by Gasteiger charge is 2.47. The second kappa shape index (κ2) is 51.3. The first-order valence-electron chi connectivity index (χ1n) is 47.6. The number of anilines is 2. The minimum atomic E-state index is -4.41. The van der Waals surface area contributed by atoms with E-state index in [1.165, 1.54) is 137 Å². The maximum Gasteiger partial charge on any atom is 0.415 e. The summed E-state index contributed by atoms with van der Waals surface area (Å²) in [6.07, 6.45) is 7.17. The normalized spacial score (nSPS) is 19.6. The highest BCUT2D eigenvalue weighted by atomic mass is 35.5. The van der Waals surface area contributed by atoms with Gasteiger partial charge in [-0.05, 0) is 232 Å². The first kappa shape index (κ1) is 112. The number of carbonyl (C=O) groups is 7. The molecule has 20 rings (SSSR count). The molecule has 2 saturated carbocycles. The number of carboxylic acids is 1. The lowest BCUT2D eigenvalue weighted by molar-refractivity contribution is -0.605. The van der Waals surface area contributed by atoms with Crippen molar-refractivity contribution >= 4 is 144 Å². The molecule has 2 aromatic heterocycles. The summed E-state index contributed by atoms with van der Waals surface area (Å²) in [5, 5.41) is 46.8. The van der Waals surface area contributed by atoms with Gasteiger partial charge in [0.05, 0.1) is 65.2 Å². The predicted molar refractivity (Wildman–Crippen MR) is 539 cm³/mol. The van der Waals surface area contributed by atoms with Crippen molar-refractivity contribution in [2.45, 2.75) is 149 Å². The van der Waals surface area contributed by atoms with Gasteiger partial charge in [-0.15, -0.1) is 23.5 Å². The molecule has 8 aliphatic heterocycles. The summed E-state index contributed by atoms with van der Waals surface area (Å²) in [7, 11) is -8.57. The summed E-state index contributed by atoms with van der Waals surface area (Å²) in [5.74, 6) is -3.69. The van der Waals surface area contributed by atoms with E-state index in [0.29, 0.717) is 62.0 Å². The molecule has 47 heteroatoms. The van der Waals surface area contributed by atoms with E-state index in [1.807, 2.05) is 0 Å². The lowest BCUT2D eigenvalue weighted by Gasteiger charge is -2.44. The summed E-state index contributed by atoms with van der Waals surface area (Å²) in [6.45, 7) is -1.61. The number of thioether (sulfide) groups is 2. The van der Waals surface area contributed by atoms with Gasteiger partial charge in [0, 0.05) is 61.7 Å². The Morgan fingerprint density at radius 3 is 1.26 bits per heavy atom. The lowest BCUT2D eigenvalue weighted by Crippen LogP contribution is -2.53. The van der Waals surface area contributed by atoms with Crippen molar-refractivity contribution in [2.75, 3.05) is 86.9 Å². The third-order valence-corrected chi connectivity index (χ3v) is 33.6. The number of piperidine rings is 6. The third-order valence-electron chi connectivity index (χ3n) is 26.0. The minimum absolute atomic E-state index is 0.00613. The standard InChI is InChI=1S/C51H49Cl2F3N4O11S2.C29H28Cl2F2N2O8S2.C22H23FN2O4.CH2O2/c52-39-26-58(64)27-40(53)38(39)24-44(35-13-14-43(70-50(55)56)45(23-35)67-29-31-11-12-31)69-49(62)47-60(19-20-72-47)73(65,66)37-8-4-6-33(22-37)30-68-48(61)36-7-3-5-32(21-36)25-59(42-10-2-1-9-41(42)54)51(63)71-46-28-57-17-15-34(46)16-18-57;30-22-13-34(38)14-23(31)21(22)12-25(19-6-7-24(43-29(32)33)26(11-19)41-16-17-4-5-17)42-28(37)27-35(8-9-44-27)45(39,40)20-3-1-2-18(10-20)15-36;23-18-6-1-2-7-19(18)25(13-15-4-3-5-17(12-15)21(26)27)22(28)29-20-14-24-10-8-16(20)9-11-24;2-1-3/h1-10,13-14,21-23,26-27,31,34,44,46-47,50H,11-12,15-20,24-25,28-30H2;1-3,6-7,10-11,13-14,17,25,27,29,36H,4-5,8-9,12,15-16H2;1-7,12,16,20H,8-11,13-14H2,(H,26,27);1H,(H,2,3)/t44-,46-,47-;25-,27-;20-;/m000./s1. The molecule has 10 fully saturated rings.